The van der Waals surface area contributed by atoms with Crippen molar-refractivity contribution in [2.75, 3.05) is 10.2 Å². The topological polar surface area (TPSA) is 95.4 Å². The van der Waals surface area contributed by atoms with E-state index in [-0.39, 0.29) is 11.6 Å². The van der Waals surface area contributed by atoms with Gasteiger partial charge in [-0.3, -0.25) is 9.88 Å². The first-order valence-corrected chi connectivity index (χ1v) is 10.2. The molecule has 0 aliphatic carbocycles. The first kappa shape index (κ1) is 19.9. The summed E-state index contributed by atoms with van der Waals surface area (Å²) in [5.74, 6) is -1.02. The molecule has 4 aromatic rings. The number of aromatic carboxylic acids is 1. The van der Waals surface area contributed by atoms with Gasteiger partial charge in [-0.05, 0) is 60.2 Å². The number of carboxylic acid groups (broad SMARTS) is 1. The number of nitrogens with zero attached hydrogens (tertiary/aromatic N) is 3. The molecule has 0 spiro atoms. The molecule has 0 bridgehead atoms. The molecular formula is C21H16N4O3S2. The van der Waals surface area contributed by atoms with Crippen LogP contribution < -0.4 is 10.2 Å². The molecule has 150 valence electrons. The van der Waals surface area contributed by atoms with Crippen molar-refractivity contribution in [3.63, 3.8) is 0 Å². The molecule has 9 heteroatoms. The van der Waals surface area contributed by atoms with Crippen LogP contribution in [0.1, 0.15) is 15.9 Å². The minimum atomic E-state index is -1.02. The number of nitrogens with one attached hydrogen (secondary N) is 1. The summed E-state index contributed by atoms with van der Waals surface area (Å²) in [7, 11) is 0. The minimum Gasteiger partial charge on any atom is -0.478 e. The maximum Gasteiger partial charge on any atom is 0.335 e. The molecule has 0 aliphatic heterocycles. The maximum atomic E-state index is 13.1. The van der Waals surface area contributed by atoms with Gasteiger partial charge in [0.15, 0.2) is 0 Å². The average molecular weight is 437 g/mol. The number of anilines is 2. The molecule has 0 atom stereocenters. The Balaban J connectivity index is 1.64. The number of carboxylic acids is 1. The summed E-state index contributed by atoms with van der Waals surface area (Å²) < 4.78 is 1.58. The van der Waals surface area contributed by atoms with Gasteiger partial charge in [0.25, 0.3) is 0 Å². The Morgan fingerprint density at radius 3 is 2.50 bits per heavy atom. The standard InChI is InChI=1S/C21H16N4O3S2/c26-19(27)14-1-3-15(4-2-14)23-20(28)25(12-13-7-9-22-10-8-13)16-5-6-17-18(11-16)30-21(29)24-17/h1-11H,12H2,(H,23,28)(H,24,29)(H,26,27). The number of hydrogen-bond acceptors (Lipinski definition) is 6. The number of carbonyl (C=O) groups excluding carboxylic acids is 1. The van der Waals surface area contributed by atoms with Gasteiger partial charge in [-0.25, -0.2) is 14.6 Å². The summed E-state index contributed by atoms with van der Waals surface area (Å²) in [4.78, 5) is 34.1. The molecule has 30 heavy (non-hydrogen) atoms. The van der Waals surface area contributed by atoms with Crippen LogP contribution in [-0.2, 0) is 6.54 Å². The first-order chi connectivity index (χ1) is 14.5. The fourth-order valence-corrected chi connectivity index (χ4v) is 4.05. The molecule has 2 amide bonds. The Hall–Kier alpha value is -3.43. The van der Waals surface area contributed by atoms with Gasteiger partial charge in [-0.2, -0.15) is 0 Å². The molecule has 2 N–H and O–H groups in total. The van der Waals surface area contributed by atoms with E-state index in [9.17, 15) is 9.59 Å². The number of carbonyl (C=O) groups is 2. The predicted octanol–water partition coefficient (Wildman–Crippen LogP) is 4.92. The molecule has 0 fully saturated rings. The lowest BCUT2D eigenvalue weighted by atomic mass is 10.2. The molecule has 4 rings (SSSR count). The number of rotatable bonds is 5. The van der Waals surface area contributed by atoms with Gasteiger partial charge in [0, 0.05) is 23.8 Å². The van der Waals surface area contributed by atoms with E-state index in [4.69, 9.17) is 5.11 Å². The van der Waals surface area contributed by atoms with Crippen molar-refractivity contribution < 1.29 is 14.7 Å². The van der Waals surface area contributed by atoms with Crippen LogP contribution in [-0.4, -0.2) is 27.1 Å². The van der Waals surface area contributed by atoms with E-state index in [1.165, 1.54) is 23.5 Å². The molecule has 2 aromatic carbocycles. The lowest BCUT2D eigenvalue weighted by Crippen LogP contribution is -2.34. The van der Waals surface area contributed by atoms with Crippen LogP contribution in [0, 0.1) is 0 Å². The summed E-state index contributed by atoms with van der Waals surface area (Å²) in [5, 5.41) is 11.9. The fourth-order valence-electron chi connectivity index (χ4n) is 2.91. The van der Waals surface area contributed by atoms with Crippen molar-refractivity contribution in [3.05, 3.63) is 78.1 Å². The summed E-state index contributed by atoms with van der Waals surface area (Å²) in [6, 6.07) is 15.0. The highest BCUT2D eigenvalue weighted by Gasteiger charge is 2.18. The van der Waals surface area contributed by atoms with Crippen molar-refractivity contribution in [1.82, 2.24) is 9.97 Å². The number of amides is 2. The zero-order valence-electron chi connectivity index (χ0n) is 15.5. The second-order valence-corrected chi connectivity index (χ2v) is 8.16. The van der Waals surface area contributed by atoms with Gasteiger partial charge in [-0.15, -0.1) is 24.0 Å². The highest BCUT2D eigenvalue weighted by atomic mass is 32.2. The van der Waals surface area contributed by atoms with E-state index in [1.54, 1.807) is 29.4 Å². The third kappa shape index (κ3) is 4.42. The monoisotopic (exact) mass is 436 g/mol. The summed E-state index contributed by atoms with van der Waals surface area (Å²) in [6.07, 6.45) is 3.35. The van der Waals surface area contributed by atoms with E-state index < -0.39 is 5.97 Å². The number of thiazole rings is 1. The number of benzene rings is 2. The van der Waals surface area contributed by atoms with Crippen molar-refractivity contribution in [1.29, 1.82) is 0 Å². The Bertz CT molecular complexity index is 1210. The lowest BCUT2D eigenvalue weighted by molar-refractivity contribution is 0.0697. The van der Waals surface area contributed by atoms with Crippen molar-refractivity contribution in [2.24, 2.45) is 0 Å². The molecule has 0 unspecified atom stereocenters. The SMILES string of the molecule is O=C(O)c1ccc(NC(=O)N(Cc2ccncc2)c2ccc3nc(S)sc3c2)cc1. The normalized spacial score (nSPS) is 10.7. The number of hydrogen-bond donors (Lipinski definition) is 3. The van der Waals surface area contributed by atoms with Crippen LogP contribution in [0.25, 0.3) is 10.2 Å². The smallest absolute Gasteiger partial charge is 0.335 e. The Labute approximate surface area is 181 Å². The van der Waals surface area contributed by atoms with Crippen LogP contribution >= 0.6 is 24.0 Å². The molecule has 2 aromatic heterocycles. The van der Waals surface area contributed by atoms with Crippen LogP contribution in [0.4, 0.5) is 16.2 Å². The number of urea groups is 1. The number of fused-ring (bicyclic) bond motifs is 1. The maximum absolute atomic E-state index is 13.1. The molecule has 2 heterocycles. The highest BCUT2D eigenvalue weighted by Crippen LogP contribution is 2.29. The molecule has 0 radical (unpaired) electrons. The second-order valence-electron chi connectivity index (χ2n) is 6.40. The molecule has 7 nitrogen and oxygen atoms in total. The number of thiol groups is 1. The third-order valence-electron chi connectivity index (χ3n) is 4.39. The van der Waals surface area contributed by atoms with Crippen molar-refractivity contribution >= 4 is 57.6 Å². The second kappa shape index (κ2) is 8.52. The first-order valence-electron chi connectivity index (χ1n) is 8.90. The highest BCUT2D eigenvalue weighted by molar-refractivity contribution is 7.82. The molecule has 0 saturated carbocycles. The van der Waals surface area contributed by atoms with E-state index >= 15 is 0 Å². The van der Waals surface area contributed by atoms with Gasteiger partial charge in [-0.1, -0.05) is 0 Å². The molecular weight excluding hydrogens is 420 g/mol. The van der Waals surface area contributed by atoms with E-state index in [2.05, 4.69) is 27.9 Å². The van der Waals surface area contributed by atoms with Gasteiger partial charge >= 0.3 is 12.0 Å². The van der Waals surface area contributed by atoms with E-state index in [1.807, 2.05) is 30.3 Å². The zero-order valence-corrected chi connectivity index (χ0v) is 17.2. The predicted molar refractivity (Wildman–Crippen MR) is 120 cm³/mol. The quantitative estimate of drug-likeness (QED) is 0.386. The lowest BCUT2D eigenvalue weighted by Gasteiger charge is -2.23. The van der Waals surface area contributed by atoms with Crippen LogP contribution in [0.5, 0.6) is 0 Å². The third-order valence-corrected chi connectivity index (χ3v) is 5.59. The van der Waals surface area contributed by atoms with Gasteiger partial charge in [0.05, 0.1) is 22.3 Å². The average Bonchev–Trinajstić information content (AvgIpc) is 3.12. The zero-order chi connectivity index (χ0) is 21.1. The van der Waals surface area contributed by atoms with Crippen molar-refractivity contribution in [2.45, 2.75) is 10.9 Å². The van der Waals surface area contributed by atoms with Gasteiger partial charge < -0.3 is 10.4 Å². The number of aromatic nitrogens is 2. The Morgan fingerprint density at radius 1 is 1.07 bits per heavy atom. The van der Waals surface area contributed by atoms with Crippen LogP contribution in [0.2, 0.25) is 0 Å². The van der Waals surface area contributed by atoms with E-state index in [0.29, 0.717) is 22.3 Å². The summed E-state index contributed by atoms with van der Waals surface area (Å²) in [5.41, 5.74) is 3.10. The van der Waals surface area contributed by atoms with Crippen LogP contribution in [0.3, 0.4) is 0 Å². The molecule has 0 saturated heterocycles. The minimum absolute atomic E-state index is 0.153. The summed E-state index contributed by atoms with van der Waals surface area (Å²) in [6.45, 7) is 0.333. The Morgan fingerprint density at radius 2 is 1.80 bits per heavy atom. The largest absolute Gasteiger partial charge is 0.478 e. The van der Waals surface area contributed by atoms with Gasteiger partial charge in [0.2, 0.25) is 0 Å². The van der Waals surface area contributed by atoms with Gasteiger partial charge in [0.1, 0.15) is 4.34 Å². The van der Waals surface area contributed by atoms with Crippen LogP contribution in [0.15, 0.2) is 71.3 Å². The fraction of sp³-hybridized carbons (Fsp3) is 0.0476. The number of pyridine rings is 1. The summed E-state index contributed by atoms with van der Waals surface area (Å²) >= 11 is 5.74. The van der Waals surface area contributed by atoms with Crippen molar-refractivity contribution in [3.8, 4) is 0 Å². The molecule has 0 aliphatic rings. The Kier molecular flexibility index (Phi) is 5.64. The van der Waals surface area contributed by atoms with E-state index in [0.717, 1.165) is 15.8 Å².